The SMILES string of the molecule is Cc1ccc(OCC2(N)CCCCC2)nn1. The van der Waals surface area contributed by atoms with Crippen LogP contribution in [0, 0.1) is 6.92 Å². The summed E-state index contributed by atoms with van der Waals surface area (Å²) in [6, 6.07) is 3.74. The van der Waals surface area contributed by atoms with Gasteiger partial charge in [-0.25, -0.2) is 0 Å². The molecule has 88 valence electrons. The summed E-state index contributed by atoms with van der Waals surface area (Å²) in [6.07, 6.45) is 5.81. The van der Waals surface area contributed by atoms with Crippen LogP contribution < -0.4 is 10.5 Å². The molecule has 16 heavy (non-hydrogen) atoms. The van der Waals surface area contributed by atoms with Crippen LogP contribution in [0.5, 0.6) is 5.88 Å². The molecule has 4 nitrogen and oxygen atoms in total. The second-order valence-corrected chi connectivity index (χ2v) is 4.72. The van der Waals surface area contributed by atoms with Crippen LogP contribution >= 0.6 is 0 Å². The van der Waals surface area contributed by atoms with Gasteiger partial charge in [0.05, 0.1) is 11.2 Å². The fourth-order valence-electron chi connectivity index (χ4n) is 2.08. The van der Waals surface area contributed by atoms with Crippen LogP contribution in [0.2, 0.25) is 0 Å². The van der Waals surface area contributed by atoms with Gasteiger partial charge in [0, 0.05) is 6.07 Å². The molecule has 1 heterocycles. The molecule has 0 atom stereocenters. The normalized spacial score (nSPS) is 19.4. The zero-order valence-corrected chi connectivity index (χ0v) is 9.78. The molecular formula is C12H19N3O. The summed E-state index contributed by atoms with van der Waals surface area (Å²) in [5.41, 5.74) is 7.00. The molecule has 0 spiro atoms. The molecule has 1 saturated carbocycles. The number of aryl methyl sites for hydroxylation is 1. The van der Waals surface area contributed by atoms with Gasteiger partial charge in [0.1, 0.15) is 6.61 Å². The van der Waals surface area contributed by atoms with Crippen molar-refractivity contribution >= 4 is 0 Å². The number of rotatable bonds is 3. The van der Waals surface area contributed by atoms with Gasteiger partial charge in [-0.05, 0) is 25.8 Å². The van der Waals surface area contributed by atoms with Gasteiger partial charge >= 0.3 is 0 Å². The minimum absolute atomic E-state index is 0.162. The molecule has 1 fully saturated rings. The third kappa shape index (κ3) is 2.92. The minimum atomic E-state index is -0.162. The van der Waals surface area contributed by atoms with Gasteiger partial charge in [0.2, 0.25) is 5.88 Å². The number of nitrogens with two attached hydrogens (primary N) is 1. The lowest BCUT2D eigenvalue weighted by Gasteiger charge is -2.32. The molecule has 0 aliphatic heterocycles. The first-order valence-corrected chi connectivity index (χ1v) is 5.90. The van der Waals surface area contributed by atoms with Crippen LogP contribution in [0.1, 0.15) is 37.8 Å². The molecule has 0 amide bonds. The predicted molar refractivity (Wildman–Crippen MR) is 62.3 cm³/mol. The maximum absolute atomic E-state index is 6.26. The number of hydrogen-bond donors (Lipinski definition) is 1. The van der Waals surface area contributed by atoms with E-state index in [1.165, 1.54) is 19.3 Å². The molecule has 1 aromatic heterocycles. The third-order valence-corrected chi connectivity index (χ3v) is 3.13. The molecule has 0 aromatic carbocycles. The smallest absolute Gasteiger partial charge is 0.233 e. The summed E-state index contributed by atoms with van der Waals surface area (Å²) in [5, 5.41) is 7.92. The van der Waals surface area contributed by atoms with E-state index >= 15 is 0 Å². The van der Waals surface area contributed by atoms with E-state index in [1.54, 1.807) is 0 Å². The number of aromatic nitrogens is 2. The van der Waals surface area contributed by atoms with Crippen LogP contribution in [0.4, 0.5) is 0 Å². The standard InChI is InChI=1S/C12H19N3O/c1-10-5-6-11(15-14-10)16-9-12(13)7-3-2-4-8-12/h5-6H,2-4,7-9,13H2,1H3. The Morgan fingerprint density at radius 2 is 2.00 bits per heavy atom. The van der Waals surface area contributed by atoms with E-state index < -0.39 is 0 Å². The Labute approximate surface area is 96.2 Å². The molecular weight excluding hydrogens is 202 g/mol. The minimum Gasteiger partial charge on any atom is -0.475 e. The van der Waals surface area contributed by atoms with E-state index in [-0.39, 0.29) is 5.54 Å². The Hall–Kier alpha value is -1.16. The fourth-order valence-corrected chi connectivity index (χ4v) is 2.08. The Bertz CT molecular complexity index is 331. The van der Waals surface area contributed by atoms with E-state index in [1.807, 2.05) is 19.1 Å². The van der Waals surface area contributed by atoms with Crippen molar-refractivity contribution in [2.75, 3.05) is 6.61 Å². The maximum Gasteiger partial charge on any atom is 0.233 e. The highest BCUT2D eigenvalue weighted by atomic mass is 16.5. The van der Waals surface area contributed by atoms with Crippen molar-refractivity contribution in [2.45, 2.75) is 44.6 Å². The summed E-state index contributed by atoms with van der Waals surface area (Å²) >= 11 is 0. The molecule has 2 rings (SSSR count). The van der Waals surface area contributed by atoms with E-state index in [0.29, 0.717) is 12.5 Å². The summed E-state index contributed by atoms with van der Waals surface area (Å²) in [7, 11) is 0. The van der Waals surface area contributed by atoms with E-state index in [4.69, 9.17) is 10.5 Å². The maximum atomic E-state index is 6.26. The van der Waals surface area contributed by atoms with Gasteiger partial charge < -0.3 is 10.5 Å². The zero-order chi connectivity index (χ0) is 11.4. The molecule has 4 heteroatoms. The Morgan fingerprint density at radius 1 is 1.25 bits per heavy atom. The first-order valence-electron chi connectivity index (χ1n) is 5.90. The lowest BCUT2D eigenvalue weighted by Crippen LogP contribution is -2.47. The van der Waals surface area contributed by atoms with Crippen molar-refractivity contribution in [1.82, 2.24) is 10.2 Å². The van der Waals surface area contributed by atoms with Gasteiger partial charge in [-0.2, -0.15) is 5.10 Å². The molecule has 1 aromatic rings. The molecule has 1 aliphatic rings. The van der Waals surface area contributed by atoms with Crippen molar-refractivity contribution in [1.29, 1.82) is 0 Å². The lowest BCUT2D eigenvalue weighted by molar-refractivity contribution is 0.168. The van der Waals surface area contributed by atoms with E-state index in [0.717, 1.165) is 18.5 Å². The first-order chi connectivity index (χ1) is 7.68. The van der Waals surface area contributed by atoms with Crippen molar-refractivity contribution in [2.24, 2.45) is 5.73 Å². The highest BCUT2D eigenvalue weighted by Gasteiger charge is 2.28. The molecule has 2 N–H and O–H groups in total. The number of nitrogens with zero attached hydrogens (tertiary/aromatic N) is 2. The monoisotopic (exact) mass is 221 g/mol. The van der Waals surface area contributed by atoms with Gasteiger partial charge in [0.15, 0.2) is 0 Å². The lowest BCUT2D eigenvalue weighted by atomic mass is 9.83. The molecule has 0 bridgehead atoms. The Kier molecular flexibility index (Phi) is 3.39. The van der Waals surface area contributed by atoms with Crippen LogP contribution in [0.15, 0.2) is 12.1 Å². The topological polar surface area (TPSA) is 61.0 Å². The van der Waals surface area contributed by atoms with E-state index in [9.17, 15) is 0 Å². The van der Waals surface area contributed by atoms with Gasteiger partial charge in [-0.15, -0.1) is 5.10 Å². The fraction of sp³-hybridized carbons (Fsp3) is 0.667. The summed E-state index contributed by atoms with van der Waals surface area (Å²) in [4.78, 5) is 0. The van der Waals surface area contributed by atoms with Crippen molar-refractivity contribution < 1.29 is 4.74 Å². The summed E-state index contributed by atoms with van der Waals surface area (Å²) in [5.74, 6) is 0.570. The predicted octanol–water partition coefficient (Wildman–Crippen LogP) is 1.83. The zero-order valence-electron chi connectivity index (χ0n) is 9.78. The summed E-state index contributed by atoms with van der Waals surface area (Å²) < 4.78 is 5.60. The number of ether oxygens (including phenoxy) is 1. The Balaban J connectivity index is 1.88. The van der Waals surface area contributed by atoms with Crippen molar-refractivity contribution in [3.63, 3.8) is 0 Å². The van der Waals surface area contributed by atoms with Gasteiger partial charge in [0.25, 0.3) is 0 Å². The second-order valence-electron chi connectivity index (χ2n) is 4.72. The van der Waals surface area contributed by atoms with Crippen LogP contribution in [-0.2, 0) is 0 Å². The highest BCUT2D eigenvalue weighted by molar-refractivity contribution is 5.10. The molecule has 0 radical (unpaired) electrons. The first kappa shape index (κ1) is 11.3. The average molecular weight is 221 g/mol. The molecule has 0 saturated heterocycles. The quantitative estimate of drug-likeness (QED) is 0.845. The van der Waals surface area contributed by atoms with Crippen LogP contribution in [0.3, 0.4) is 0 Å². The second kappa shape index (κ2) is 4.78. The largest absolute Gasteiger partial charge is 0.475 e. The van der Waals surface area contributed by atoms with Crippen molar-refractivity contribution in [3.8, 4) is 5.88 Å². The third-order valence-electron chi connectivity index (χ3n) is 3.13. The Morgan fingerprint density at radius 3 is 2.62 bits per heavy atom. The molecule has 0 unspecified atom stereocenters. The summed E-state index contributed by atoms with van der Waals surface area (Å²) in [6.45, 7) is 2.45. The number of hydrogen-bond acceptors (Lipinski definition) is 4. The highest BCUT2D eigenvalue weighted by Crippen LogP contribution is 2.26. The van der Waals surface area contributed by atoms with Gasteiger partial charge in [-0.1, -0.05) is 19.3 Å². The average Bonchev–Trinajstić information content (AvgIpc) is 2.29. The molecule has 1 aliphatic carbocycles. The van der Waals surface area contributed by atoms with Crippen molar-refractivity contribution in [3.05, 3.63) is 17.8 Å². The van der Waals surface area contributed by atoms with Crippen LogP contribution in [0.25, 0.3) is 0 Å². The van der Waals surface area contributed by atoms with E-state index in [2.05, 4.69) is 10.2 Å². The van der Waals surface area contributed by atoms with Gasteiger partial charge in [-0.3, -0.25) is 0 Å². The van der Waals surface area contributed by atoms with Crippen LogP contribution in [-0.4, -0.2) is 22.3 Å².